The highest BCUT2D eigenvalue weighted by Gasteiger charge is 2.01. The van der Waals surface area contributed by atoms with Gasteiger partial charge >= 0.3 is 0 Å². The molecule has 2 N–H and O–H groups in total. The zero-order valence-electron chi connectivity index (χ0n) is 13.5. The maximum Gasteiger partial charge on any atom is 0.185 e. The van der Waals surface area contributed by atoms with Crippen molar-refractivity contribution in [1.29, 1.82) is 0 Å². The maximum atomic E-state index is 12.0. The second-order valence-corrected chi connectivity index (χ2v) is 5.44. The van der Waals surface area contributed by atoms with Crippen LogP contribution in [0.4, 0.5) is 5.69 Å². The lowest BCUT2D eigenvalue weighted by Gasteiger charge is -2.05. The van der Waals surface area contributed by atoms with Crippen molar-refractivity contribution in [2.75, 3.05) is 12.3 Å². The van der Waals surface area contributed by atoms with Crippen molar-refractivity contribution in [3.05, 3.63) is 65.7 Å². The van der Waals surface area contributed by atoms with E-state index in [0.29, 0.717) is 11.3 Å². The quantitative estimate of drug-likeness (QED) is 0.332. The molecule has 2 aromatic rings. The first-order chi connectivity index (χ1) is 11.2. The first kappa shape index (κ1) is 16.8. The summed E-state index contributed by atoms with van der Waals surface area (Å²) in [6.45, 7) is 2.92. The van der Waals surface area contributed by atoms with E-state index in [2.05, 4.69) is 6.92 Å². The number of anilines is 1. The van der Waals surface area contributed by atoms with Crippen molar-refractivity contribution in [2.24, 2.45) is 0 Å². The van der Waals surface area contributed by atoms with Crippen LogP contribution in [0.5, 0.6) is 5.75 Å². The third-order valence-electron chi connectivity index (χ3n) is 3.52. The smallest absolute Gasteiger partial charge is 0.185 e. The van der Waals surface area contributed by atoms with Crippen LogP contribution < -0.4 is 10.5 Å². The van der Waals surface area contributed by atoms with Gasteiger partial charge in [0.2, 0.25) is 0 Å². The van der Waals surface area contributed by atoms with Gasteiger partial charge in [-0.1, -0.05) is 38.0 Å². The van der Waals surface area contributed by atoms with Crippen molar-refractivity contribution in [3.63, 3.8) is 0 Å². The van der Waals surface area contributed by atoms with Gasteiger partial charge in [0, 0.05) is 11.3 Å². The van der Waals surface area contributed by atoms with Crippen LogP contribution in [-0.2, 0) is 0 Å². The number of rotatable bonds is 8. The molecule has 120 valence electrons. The Kier molecular flexibility index (Phi) is 6.42. The average molecular weight is 309 g/mol. The molecule has 3 nitrogen and oxygen atoms in total. The Balaban J connectivity index is 1.89. The Hall–Kier alpha value is -2.55. The van der Waals surface area contributed by atoms with E-state index in [1.165, 1.54) is 12.8 Å². The van der Waals surface area contributed by atoms with Crippen molar-refractivity contribution < 1.29 is 9.53 Å². The third kappa shape index (κ3) is 5.62. The second-order valence-electron chi connectivity index (χ2n) is 5.44. The van der Waals surface area contributed by atoms with Gasteiger partial charge in [-0.25, -0.2) is 0 Å². The van der Waals surface area contributed by atoms with E-state index < -0.39 is 0 Å². The van der Waals surface area contributed by atoms with E-state index in [1.54, 1.807) is 36.4 Å². The molecule has 0 atom stereocenters. The van der Waals surface area contributed by atoms with Gasteiger partial charge in [-0.05, 0) is 54.5 Å². The Morgan fingerprint density at radius 1 is 1.04 bits per heavy atom. The van der Waals surface area contributed by atoms with Crippen molar-refractivity contribution >= 4 is 17.5 Å². The number of nitrogens with two attached hydrogens (primary N) is 1. The van der Waals surface area contributed by atoms with Gasteiger partial charge in [0.05, 0.1) is 6.61 Å². The maximum absolute atomic E-state index is 12.0. The molecule has 0 aliphatic carbocycles. The fourth-order valence-electron chi connectivity index (χ4n) is 2.13. The van der Waals surface area contributed by atoms with Crippen LogP contribution in [0.3, 0.4) is 0 Å². The number of hydrogen-bond donors (Lipinski definition) is 1. The molecule has 0 heterocycles. The van der Waals surface area contributed by atoms with Crippen LogP contribution in [0.1, 0.15) is 42.1 Å². The van der Waals surface area contributed by atoms with Crippen LogP contribution in [0, 0.1) is 0 Å². The number of benzene rings is 2. The molecule has 0 amide bonds. The van der Waals surface area contributed by atoms with E-state index >= 15 is 0 Å². The molecule has 0 fully saturated rings. The number of nitrogen functional groups attached to an aromatic ring is 1. The first-order valence-electron chi connectivity index (χ1n) is 8.00. The van der Waals surface area contributed by atoms with Gasteiger partial charge in [0.25, 0.3) is 0 Å². The topological polar surface area (TPSA) is 52.3 Å². The van der Waals surface area contributed by atoms with Crippen molar-refractivity contribution in [1.82, 2.24) is 0 Å². The summed E-state index contributed by atoms with van der Waals surface area (Å²) in [5.41, 5.74) is 7.87. The molecule has 23 heavy (non-hydrogen) atoms. The second kappa shape index (κ2) is 8.79. The molecule has 0 saturated heterocycles. The summed E-state index contributed by atoms with van der Waals surface area (Å²) in [7, 11) is 0. The highest BCUT2D eigenvalue weighted by Crippen LogP contribution is 2.14. The molecule has 0 spiro atoms. The molecule has 2 aromatic carbocycles. The van der Waals surface area contributed by atoms with Gasteiger partial charge in [0.15, 0.2) is 5.78 Å². The fourth-order valence-corrected chi connectivity index (χ4v) is 2.13. The lowest BCUT2D eigenvalue weighted by atomic mass is 10.1. The van der Waals surface area contributed by atoms with Crippen LogP contribution >= 0.6 is 0 Å². The lowest BCUT2D eigenvalue weighted by Crippen LogP contribution is -1.96. The Morgan fingerprint density at radius 3 is 2.39 bits per heavy atom. The molecule has 0 aliphatic rings. The molecule has 0 bridgehead atoms. The monoisotopic (exact) mass is 309 g/mol. The number of ether oxygens (including phenoxy) is 1. The van der Waals surface area contributed by atoms with Gasteiger partial charge in [-0.3, -0.25) is 4.79 Å². The number of hydrogen-bond acceptors (Lipinski definition) is 3. The highest BCUT2D eigenvalue weighted by atomic mass is 16.5. The van der Waals surface area contributed by atoms with Gasteiger partial charge in [0.1, 0.15) is 5.75 Å². The predicted octanol–water partition coefficient (Wildman–Crippen LogP) is 4.73. The number of ketones is 1. The molecule has 0 saturated carbocycles. The summed E-state index contributed by atoms with van der Waals surface area (Å²) in [5.74, 6) is 0.827. The highest BCUT2D eigenvalue weighted by molar-refractivity contribution is 6.06. The molecular weight excluding hydrogens is 286 g/mol. The van der Waals surface area contributed by atoms with Crippen LogP contribution in [-0.4, -0.2) is 12.4 Å². The van der Waals surface area contributed by atoms with Crippen LogP contribution in [0.25, 0.3) is 6.08 Å². The number of unbranched alkanes of at least 4 members (excludes halogenated alkanes) is 2. The summed E-state index contributed by atoms with van der Waals surface area (Å²) >= 11 is 0. The zero-order chi connectivity index (χ0) is 16.5. The number of carbonyl (C=O) groups excluding carboxylic acids is 1. The summed E-state index contributed by atoms with van der Waals surface area (Å²) in [6.07, 6.45) is 6.83. The summed E-state index contributed by atoms with van der Waals surface area (Å²) in [4.78, 5) is 12.0. The van der Waals surface area contributed by atoms with Gasteiger partial charge in [-0.15, -0.1) is 0 Å². The molecule has 0 aromatic heterocycles. The molecule has 0 radical (unpaired) electrons. The molecular formula is C20H23NO2. The predicted molar refractivity (Wildman–Crippen MR) is 95.7 cm³/mol. The van der Waals surface area contributed by atoms with Gasteiger partial charge < -0.3 is 10.5 Å². The molecule has 0 aliphatic heterocycles. The minimum absolute atomic E-state index is 0.0371. The van der Waals surface area contributed by atoms with E-state index in [0.717, 1.165) is 24.3 Å². The Morgan fingerprint density at radius 2 is 1.74 bits per heavy atom. The minimum Gasteiger partial charge on any atom is -0.494 e. The Bertz CT molecular complexity index is 642. The average Bonchev–Trinajstić information content (AvgIpc) is 2.58. The first-order valence-corrected chi connectivity index (χ1v) is 8.00. The van der Waals surface area contributed by atoms with Crippen molar-refractivity contribution in [2.45, 2.75) is 26.2 Å². The summed E-state index contributed by atoms with van der Waals surface area (Å²) in [5, 5.41) is 0. The largest absolute Gasteiger partial charge is 0.494 e. The summed E-state index contributed by atoms with van der Waals surface area (Å²) in [6, 6.07) is 14.7. The van der Waals surface area contributed by atoms with Crippen LogP contribution in [0.2, 0.25) is 0 Å². The van der Waals surface area contributed by atoms with E-state index in [-0.39, 0.29) is 5.78 Å². The molecule has 0 unspecified atom stereocenters. The SMILES string of the molecule is CCCCCOc1ccc(/C=C/C(=O)c2ccc(N)cc2)cc1. The summed E-state index contributed by atoms with van der Waals surface area (Å²) < 4.78 is 5.67. The van der Waals surface area contributed by atoms with E-state index in [1.807, 2.05) is 24.3 Å². The molecule has 3 heteroatoms. The number of carbonyl (C=O) groups is 1. The van der Waals surface area contributed by atoms with Crippen LogP contribution in [0.15, 0.2) is 54.6 Å². The standard InChI is InChI=1S/C20H23NO2/c1-2-3-4-15-23-19-12-5-16(6-13-19)7-14-20(22)17-8-10-18(21)11-9-17/h5-14H,2-4,15,21H2,1H3/b14-7+. The molecule has 2 rings (SSSR count). The fraction of sp³-hybridized carbons (Fsp3) is 0.250. The minimum atomic E-state index is -0.0371. The van der Waals surface area contributed by atoms with Gasteiger partial charge in [-0.2, -0.15) is 0 Å². The Labute approximate surface area is 137 Å². The van der Waals surface area contributed by atoms with E-state index in [4.69, 9.17) is 10.5 Å². The zero-order valence-corrected chi connectivity index (χ0v) is 13.5. The normalized spacial score (nSPS) is 10.8. The third-order valence-corrected chi connectivity index (χ3v) is 3.52. The number of allylic oxidation sites excluding steroid dienone is 1. The van der Waals surface area contributed by atoms with Crippen molar-refractivity contribution in [3.8, 4) is 5.75 Å². The van der Waals surface area contributed by atoms with E-state index in [9.17, 15) is 4.79 Å². The lowest BCUT2D eigenvalue weighted by molar-refractivity contribution is 0.104.